The van der Waals surface area contributed by atoms with Crippen molar-refractivity contribution in [2.24, 2.45) is 0 Å². The number of allylic oxidation sites excluding steroid dienone is 6. The Morgan fingerprint density at radius 2 is 1.24 bits per heavy atom. The predicted octanol–water partition coefficient (Wildman–Crippen LogP) is 15.4. The SMILES string of the molecule is C#C.C=C.C=C(C)C(CCC)(c1ccccc1)c1ccc([S+](C(/C=C\C)=C/CC)c2ccccc2)cc1C.C=CC.C=CCC.CC.CC. The van der Waals surface area contributed by atoms with Crippen LogP contribution in [-0.4, -0.2) is 0 Å². The van der Waals surface area contributed by atoms with E-state index < -0.39 is 0 Å². The first-order chi connectivity index (χ1) is 23.8. The number of terminal acetylenes is 1. The zero-order valence-electron chi connectivity index (χ0n) is 33.3. The summed E-state index contributed by atoms with van der Waals surface area (Å²) in [5.74, 6) is 0. The van der Waals surface area contributed by atoms with Crippen molar-refractivity contribution < 1.29 is 0 Å². The average Bonchev–Trinajstić information content (AvgIpc) is 3.15. The van der Waals surface area contributed by atoms with Gasteiger partial charge in [-0.05, 0) is 100 Å². The lowest BCUT2D eigenvalue weighted by atomic mass is 9.66. The van der Waals surface area contributed by atoms with Gasteiger partial charge in [-0.3, -0.25) is 0 Å². The van der Waals surface area contributed by atoms with Gasteiger partial charge >= 0.3 is 0 Å². The predicted molar refractivity (Wildman–Crippen MR) is 232 cm³/mol. The van der Waals surface area contributed by atoms with Crippen LogP contribution in [0.3, 0.4) is 0 Å². The van der Waals surface area contributed by atoms with Gasteiger partial charge in [0, 0.05) is 5.41 Å². The summed E-state index contributed by atoms with van der Waals surface area (Å²) in [5.41, 5.74) is 5.08. The smallest absolute Gasteiger partial charge is 0.124 e. The highest BCUT2D eigenvalue weighted by Crippen LogP contribution is 2.45. The van der Waals surface area contributed by atoms with Gasteiger partial charge in [-0.1, -0.05) is 140 Å². The highest BCUT2D eigenvalue weighted by molar-refractivity contribution is 8.00. The second kappa shape index (κ2) is 35.3. The van der Waals surface area contributed by atoms with Gasteiger partial charge in [0.15, 0.2) is 14.7 Å². The highest BCUT2D eigenvalue weighted by Gasteiger charge is 2.37. The Morgan fingerprint density at radius 1 is 0.776 bits per heavy atom. The molecule has 0 radical (unpaired) electrons. The number of aryl methyl sites for hydroxylation is 1. The third-order valence-electron chi connectivity index (χ3n) is 6.75. The van der Waals surface area contributed by atoms with Crippen LogP contribution in [-0.2, 0) is 16.3 Å². The van der Waals surface area contributed by atoms with Crippen molar-refractivity contribution >= 4 is 10.9 Å². The van der Waals surface area contributed by atoms with E-state index in [1.165, 1.54) is 37.0 Å². The molecule has 3 aromatic rings. The van der Waals surface area contributed by atoms with E-state index in [1.807, 2.05) is 40.7 Å². The molecule has 3 rings (SSSR count). The molecular weight excluding hydrogens is 609 g/mol. The molecule has 0 bridgehead atoms. The van der Waals surface area contributed by atoms with Gasteiger partial charge in [0.2, 0.25) is 0 Å². The lowest BCUT2D eigenvalue weighted by Gasteiger charge is -2.37. The number of rotatable bonds is 11. The molecule has 0 aliphatic heterocycles. The summed E-state index contributed by atoms with van der Waals surface area (Å²) in [6.07, 6.45) is 22.7. The summed E-state index contributed by atoms with van der Waals surface area (Å²) in [4.78, 5) is 4.10. The number of benzene rings is 3. The van der Waals surface area contributed by atoms with E-state index in [-0.39, 0.29) is 16.3 Å². The minimum absolute atomic E-state index is 0.141. The van der Waals surface area contributed by atoms with Crippen molar-refractivity contribution in [2.45, 2.75) is 117 Å². The molecule has 0 heterocycles. The fraction of sp³-hybridized carbons (Fsp3) is 0.333. The summed E-state index contributed by atoms with van der Waals surface area (Å²) in [6, 6.07) is 29.0. The van der Waals surface area contributed by atoms with Crippen LogP contribution in [0.2, 0.25) is 0 Å². The Hall–Kier alpha value is -3.99. The second-order valence-electron chi connectivity index (χ2n) is 10.0. The van der Waals surface area contributed by atoms with Crippen molar-refractivity contribution in [3.05, 3.63) is 169 Å². The molecule has 2 atom stereocenters. The lowest BCUT2D eigenvalue weighted by Crippen LogP contribution is -2.30. The molecule has 0 aliphatic carbocycles. The molecular formula is C48H71S+. The Balaban J connectivity index is -0.000000584. The molecule has 0 saturated carbocycles. The molecule has 0 fully saturated rings. The maximum atomic E-state index is 4.51. The van der Waals surface area contributed by atoms with E-state index in [2.05, 4.69) is 184 Å². The molecule has 3 aromatic carbocycles. The van der Waals surface area contributed by atoms with Crippen molar-refractivity contribution in [3.8, 4) is 12.8 Å². The van der Waals surface area contributed by atoms with Gasteiger partial charge in [-0.2, -0.15) is 0 Å². The third kappa shape index (κ3) is 17.8. The molecule has 0 aliphatic rings. The Kier molecular flexibility index (Phi) is 37.4. The molecule has 0 N–H and O–H groups in total. The van der Waals surface area contributed by atoms with Crippen LogP contribution >= 0.6 is 0 Å². The monoisotopic (exact) mass is 680 g/mol. The molecule has 0 nitrogen and oxygen atoms in total. The Bertz CT molecular complexity index is 1310. The first-order valence-electron chi connectivity index (χ1n) is 17.8. The zero-order valence-corrected chi connectivity index (χ0v) is 34.1. The molecule has 0 amide bonds. The van der Waals surface area contributed by atoms with E-state index >= 15 is 0 Å². The summed E-state index contributed by atoms with van der Waals surface area (Å²) >= 11 is 0. The maximum Gasteiger partial charge on any atom is 0.166 e. The minimum atomic E-state index is -0.171. The fourth-order valence-electron chi connectivity index (χ4n) is 5.01. The van der Waals surface area contributed by atoms with Gasteiger partial charge in [0.05, 0.1) is 10.9 Å². The van der Waals surface area contributed by atoms with Crippen LogP contribution in [0.4, 0.5) is 0 Å². The lowest BCUT2D eigenvalue weighted by molar-refractivity contribution is 0.537. The Morgan fingerprint density at radius 3 is 1.61 bits per heavy atom. The van der Waals surface area contributed by atoms with Gasteiger partial charge in [0.1, 0.15) is 0 Å². The first kappa shape index (κ1) is 51.8. The van der Waals surface area contributed by atoms with E-state index in [0.29, 0.717) is 0 Å². The topological polar surface area (TPSA) is 0 Å². The molecule has 49 heavy (non-hydrogen) atoms. The van der Waals surface area contributed by atoms with E-state index in [1.54, 1.807) is 6.08 Å². The molecule has 0 aromatic heterocycles. The summed E-state index contributed by atoms with van der Waals surface area (Å²) in [6.45, 7) is 40.4. The second-order valence-corrected chi connectivity index (χ2v) is 12.0. The van der Waals surface area contributed by atoms with Crippen molar-refractivity contribution in [1.82, 2.24) is 0 Å². The van der Waals surface area contributed by atoms with Crippen LogP contribution in [0.5, 0.6) is 0 Å². The van der Waals surface area contributed by atoms with Gasteiger partial charge in [0.25, 0.3) is 0 Å². The third-order valence-corrected chi connectivity index (χ3v) is 9.00. The van der Waals surface area contributed by atoms with E-state index in [4.69, 9.17) is 0 Å². The summed E-state index contributed by atoms with van der Waals surface area (Å²) in [5, 5.41) is 0. The highest BCUT2D eigenvalue weighted by atomic mass is 32.2. The zero-order chi connectivity index (χ0) is 38.7. The van der Waals surface area contributed by atoms with Crippen LogP contribution in [0, 0.1) is 19.8 Å². The van der Waals surface area contributed by atoms with Gasteiger partial charge in [-0.25, -0.2) is 0 Å². The normalized spacial score (nSPS) is 11.3. The fourth-order valence-corrected chi connectivity index (χ4v) is 7.36. The molecule has 0 saturated heterocycles. The van der Waals surface area contributed by atoms with E-state index in [9.17, 15) is 0 Å². The van der Waals surface area contributed by atoms with Gasteiger partial charge < -0.3 is 0 Å². The van der Waals surface area contributed by atoms with Crippen LogP contribution < -0.4 is 0 Å². The van der Waals surface area contributed by atoms with Gasteiger partial charge in [-0.15, -0.1) is 39.2 Å². The number of hydrogen-bond acceptors (Lipinski definition) is 0. The minimum Gasteiger partial charge on any atom is -0.124 e. The van der Waals surface area contributed by atoms with Crippen LogP contribution in [0.15, 0.2) is 162 Å². The largest absolute Gasteiger partial charge is 0.166 e. The number of hydrogen-bond donors (Lipinski definition) is 0. The van der Waals surface area contributed by atoms with Crippen LogP contribution in [0.25, 0.3) is 0 Å². The quantitative estimate of drug-likeness (QED) is 0.0819. The van der Waals surface area contributed by atoms with Crippen molar-refractivity contribution in [2.75, 3.05) is 0 Å². The Labute approximate surface area is 308 Å². The van der Waals surface area contributed by atoms with Crippen molar-refractivity contribution in [1.29, 1.82) is 0 Å². The summed E-state index contributed by atoms with van der Waals surface area (Å²) in [7, 11) is -0.141. The molecule has 1 heteroatoms. The van der Waals surface area contributed by atoms with Crippen molar-refractivity contribution in [3.63, 3.8) is 0 Å². The molecule has 2 unspecified atom stereocenters. The average molecular weight is 680 g/mol. The van der Waals surface area contributed by atoms with Crippen LogP contribution in [0.1, 0.15) is 112 Å². The standard InChI is InChI=1S/C33H39S.C4H8.C3H6.2C2H6.C2H4.C2H2/c1-7-16-29(17-8-2)34(30-20-14-11-15-21-30)31-22-23-32(27(6)25-31)33(24-9-3,26(4)5)28-18-12-10-13-19-28;1-3-4-2;1-3-2;4*1-2/h7,10-23,25H,4,8-9,24H2,1-3,5-6H3;3H,1,4H2,2H3;3H,1H2,2H3;2*1-2H3;1-2H2;1-2H/q+1;;;;;;/b16-7-,29-17+;;;;;;. The molecule has 268 valence electrons. The maximum absolute atomic E-state index is 4.51. The first-order valence-corrected chi connectivity index (χ1v) is 19.0. The van der Waals surface area contributed by atoms with E-state index in [0.717, 1.165) is 25.7 Å². The summed E-state index contributed by atoms with van der Waals surface area (Å²) < 4.78 is 0. The molecule has 0 spiro atoms.